The van der Waals surface area contributed by atoms with Crippen molar-refractivity contribution < 1.29 is 14.4 Å². The first kappa shape index (κ1) is 16.2. The summed E-state index contributed by atoms with van der Waals surface area (Å²) in [6, 6.07) is 1.27. The number of carbonyl (C=O) groups is 3. The van der Waals surface area contributed by atoms with Crippen molar-refractivity contribution in [2.45, 2.75) is 32.7 Å². The summed E-state index contributed by atoms with van der Waals surface area (Å²) in [6.45, 7) is 5.46. The number of carbonyl (C=O) groups excluding carboxylic acids is 3. The van der Waals surface area contributed by atoms with Crippen molar-refractivity contribution in [2.75, 3.05) is 6.54 Å². The van der Waals surface area contributed by atoms with Gasteiger partial charge >= 0.3 is 6.03 Å². The van der Waals surface area contributed by atoms with E-state index in [0.717, 1.165) is 4.90 Å². The number of nitrogens with zero attached hydrogens (tertiary/aromatic N) is 1. The zero-order valence-electron chi connectivity index (χ0n) is 12.1. The van der Waals surface area contributed by atoms with Crippen molar-refractivity contribution in [3.8, 4) is 0 Å². The van der Waals surface area contributed by atoms with Crippen LogP contribution in [-0.2, 0) is 4.79 Å². The van der Waals surface area contributed by atoms with Gasteiger partial charge in [0.1, 0.15) is 5.54 Å². The minimum atomic E-state index is -0.918. The lowest BCUT2D eigenvalue weighted by molar-refractivity contribution is -0.131. The maximum atomic E-state index is 12.4. The second-order valence-corrected chi connectivity index (χ2v) is 7.54. The van der Waals surface area contributed by atoms with Crippen molar-refractivity contribution in [2.24, 2.45) is 5.92 Å². The van der Waals surface area contributed by atoms with Gasteiger partial charge in [-0.05, 0) is 46.6 Å². The molecule has 0 radical (unpaired) electrons. The van der Waals surface area contributed by atoms with Gasteiger partial charge < -0.3 is 5.32 Å². The molecule has 1 aliphatic heterocycles. The van der Waals surface area contributed by atoms with E-state index in [4.69, 9.17) is 0 Å². The van der Waals surface area contributed by atoms with Crippen LogP contribution < -0.4 is 5.32 Å². The molecule has 0 bridgehead atoms. The van der Waals surface area contributed by atoms with Crippen LogP contribution in [0.5, 0.6) is 0 Å². The Bertz CT molecular complexity index is 599. The summed E-state index contributed by atoms with van der Waals surface area (Å²) < 4.78 is 0.689. The number of imide groups is 1. The number of halogens is 1. The molecule has 0 spiro atoms. The predicted octanol–water partition coefficient (Wildman–Crippen LogP) is 3.05. The Morgan fingerprint density at radius 3 is 2.67 bits per heavy atom. The van der Waals surface area contributed by atoms with Crippen molar-refractivity contribution in [3.63, 3.8) is 0 Å². The maximum absolute atomic E-state index is 12.4. The van der Waals surface area contributed by atoms with E-state index in [1.54, 1.807) is 18.4 Å². The van der Waals surface area contributed by atoms with E-state index in [9.17, 15) is 14.4 Å². The Hall–Kier alpha value is -1.21. The fraction of sp³-hybridized carbons (Fsp3) is 0.500. The van der Waals surface area contributed by atoms with Gasteiger partial charge in [0.05, 0.1) is 11.4 Å². The SMILES string of the molecule is CC(C)CC1(C)NC(=O)N(CC(=O)c2sccc2Br)C1=O. The first-order valence-electron chi connectivity index (χ1n) is 6.65. The predicted molar refractivity (Wildman–Crippen MR) is 84.5 cm³/mol. The molecule has 0 saturated carbocycles. The van der Waals surface area contributed by atoms with Crippen LogP contribution in [0.15, 0.2) is 15.9 Å². The van der Waals surface area contributed by atoms with Gasteiger partial charge in [0.2, 0.25) is 0 Å². The second-order valence-electron chi connectivity index (χ2n) is 5.77. The molecule has 1 saturated heterocycles. The third-order valence-electron chi connectivity index (χ3n) is 3.33. The van der Waals surface area contributed by atoms with E-state index >= 15 is 0 Å². The Morgan fingerprint density at radius 2 is 2.14 bits per heavy atom. The van der Waals surface area contributed by atoms with Crippen LogP contribution in [0.4, 0.5) is 4.79 Å². The van der Waals surface area contributed by atoms with Crippen LogP contribution in [0.3, 0.4) is 0 Å². The Balaban J connectivity index is 2.14. The monoisotopic (exact) mass is 372 g/mol. The average molecular weight is 373 g/mol. The molecule has 2 rings (SSSR count). The van der Waals surface area contributed by atoms with Gasteiger partial charge in [-0.2, -0.15) is 0 Å². The van der Waals surface area contributed by atoms with Crippen LogP contribution in [0.2, 0.25) is 0 Å². The lowest BCUT2D eigenvalue weighted by Gasteiger charge is -2.23. The third-order valence-corrected chi connectivity index (χ3v) is 5.21. The van der Waals surface area contributed by atoms with E-state index in [0.29, 0.717) is 15.8 Å². The molecule has 0 aromatic carbocycles. The van der Waals surface area contributed by atoms with Gasteiger partial charge in [-0.15, -0.1) is 11.3 Å². The van der Waals surface area contributed by atoms with Crippen LogP contribution >= 0.6 is 27.3 Å². The number of rotatable bonds is 5. The van der Waals surface area contributed by atoms with E-state index in [-0.39, 0.29) is 24.2 Å². The molecule has 1 aromatic rings. The standard InChI is InChI=1S/C14H17BrN2O3S/c1-8(2)6-14(3)12(19)17(13(20)16-14)7-10(18)11-9(15)4-5-21-11/h4-5,8H,6-7H2,1-3H3,(H,16,20). The Labute approximate surface area is 135 Å². The third kappa shape index (κ3) is 3.18. The minimum Gasteiger partial charge on any atom is -0.323 e. The molecule has 1 atom stereocenters. The number of ketones is 1. The summed E-state index contributed by atoms with van der Waals surface area (Å²) >= 11 is 4.58. The second kappa shape index (κ2) is 5.88. The molecule has 1 fully saturated rings. The molecule has 1 aromatic heterocycles. The maximum Gasteiger partial charge on any atom is 0.325 e. The molecule has 2 heterocycles. The molecular weight excluding hydrogens is 356 g/mol. The number of thiophene rings is 1. The van der Waals surface area contributed by atoms with Gasteiger partial charge in [0.15, 0.2) is 5.78 Å². The van der Waals surface area contributed by atoms with Crippen LogP contribution in [-0.4, -0.2) is 34.7 Å². The zero-order valence-corrected chi connectivity index (χ0v) is 14.5. The zero-order chi connectivity index (χ0) is 15.8. The molecule has 1 unspecified atom stereocenters. The largest absolute Gasteiger partial charge is 0.325 e. The normalized spacial score (nSPS) is 22.0. The molecule has 5 nitrogen and oxygen atoms in total. The van der Waals surface area contributed by atoms with Gasteiger partial charge in [0.25, 0.3) is 5.91 Å². The van der Waals surface area contributed by atoms with E-state index < -0.39 is 11.6 Å². The Morgan fingerprint density at radius 1 is 1.48 bits per heavy atom. The van der Waals surface area contributed by atoms with Crippen molar-refractivity contribution in [3.05, 3.63) is 20.8 Å². The van der Waals surface area contributed by atoms with E-state index in [1.807, 2.05) is 13.8 Å². The smallest absolute Gasteiger partial charge is 0.323 e. The summed E-state index contributed by atoms with van der Waals surface area (Å²) in [6.07, 6.45) is 0.547. The van der Waals surface area contributed by atoms with Gasteiger partial charge in [-0.3, -0.25) is 14.5 Å². The Kier molecular flexibility index (Phi) is 4.53. The van der Waals surface area contributed by atoms with Crippen LogP contribution in [0.25, 0.3) is 0 Å². The highest BCUT2D eigenvalue weighted by Crippen LogP contribution is 2.27. The first-order valence-corrected chi connectivity index (χ1v) is 8.32. The van der Waals surface area contributed by atoms with Crippen LogP contribution in [0.1, 0.15) is 36.9 Å². The summed E-state index contributed by atoms with van der Waals surface area (Å²) in [4.78, 5) is 38.2. The van der Waals surface area contributed by atoms with E-state index in [2.05, 4.69) is 21.2 Å². The van der Waals surface area contributed by atoms with Crippen LogP contribution in [0, 0.1) is 5.92 Å². The molecule has 114 valence electrons. The molecule has 1 N–H and O–H groups in total. The molecule has 1 aliphatic rings. The number of urea groups is 1. The first-order chi connectivity index (χ1) is 9.74. The number of nitrogens with one attached hydrogen (secondary N) is 1. The number of hydrogen-bond acceptors (Lipinski definition) is 4. The molecule has 3 amide bonds. The van der Waals surface area contributed by atoms with E-state index in [1.165, 1.54) is 11.3 Å². The minimum absolute atomic E-state index is 0.225. The lowest BCUT2D eigenvalue weighted by Crippen LogP contribution is -2.45. The topological polar surface area (TPSA) is 66.5 Å². The highest BCUT2D eigenvalue weighted by atomic mass is 79.9. The lowest BCUT2D eigenvalue weighted by atomic mass is 9.91. The summed E-state index contributed by atoms with van der Waals surface area (Å²) in [5.74, 6) is -0.308. The quantitative estimate of drug-likeness (QED) is 0.637. The van der Waals surface area contributed by atoms with Crippen molar-refractivity contribution >= 4 is 45.0 Å². The highest BCUT2D eigenvalue weighted by Gasteiger charge is 2.48. The fourth-order valence-corrected chi connectivity index (χ4v) is 4.08. The number of Topliss-reactive ketones (excluding diaryl/α,β-unsaturated/α-hetero) is 1. The van der Waals surface area contributed by atoms with Gasteiger partial charge in [0, 0.05) is 4.47 Å². The van der Waals surface area contributed by atoms with Gasteiger partial charge in [-0.1, -0.05) is 13.8 Å². The average Bonchev–Trinajstić information content (AvgIpc) is 2.86. The summed E-state index contributed by atoms with van der Waals surface area (Å²) in [5, 5.41) is 4.49. The van der Waals surface area contributed by atoms with Crippen molar-refractivity contribution in [1.82, 2.24) is 10.2 Å². The molecular formula is C14H17BrN2O3S. The summed E-state index contributed by atoms with van der Waals surface area (Å²) in [7, 11) is 0. The number of amides is 3. The highest BCUT2D eigenvalue weighted by molar-refractivity contribution is 9.10. The summed E-state index contributed by atoms with van der Waals surface area (Å²) in [5.41, 5.74) is -0.918. The molecule has 0 aliphatic carbocycles. The van der Waals surface area contributed by atoms with Gasteiger partial charge in [-0.25, -0.2) is 4.79 Å². The van der Waals surface area contributed by atoms with Crippen molar-refractivity contribution in [1.29, 1.82) is 0 Å². The molecule has 21 heavy (non-hydrogen) atoms. The number of hydrogen-bond donors (Lipinski definition) is 1. The fourth-order valence-electron chi connectivity index (χ4n) is 2.55. The molecule has 7 heteroatoms.